The summed E-state index contributed by atoms with van der Waals surface area (Å²) in [6.45, 7) is 2.95. The van der Waals surface area contributed by atoms with E-state index in [-0.39, 0.29) is 17.4 Å². The summed E-state index contributed by atoms with van der Waals surface area (Å²) < 4.78 is 19.5. The van der Waals surface area contributed by atoms with Crippen molar-refractivity contribution in [3.05, 3.63) is 35.6 Å². The second kappa shape index (κ2) is 7.16. The Morgan fingerprint density at radius 1 is 1.48 bits per heavy atom. The van der Waals surface area contributed by atoms with Crippen LogP contribution in [0, 0.1) is 28.5 Å². The van der Waals surface area contributed by atoms with Crippen molar-refractivity contribution in [1.29, 1.82) is 10.5 Å². The van der Waals surface area contributed by atoms with Gasteiger partial charge in [0.25, 0.3) is 5.60 Å². The number of pyridine rings is 1. The topological polar surface area (TPSA) is 108 Å². The fraction of sp³-hybridized carbons (Fsp3) is 0.267. The molecule has 0 aromatic carbocycles. The van der Waals surface area contributed by atoms with Crippen LogP contribution in [0.1, 0.15) is 13.8 Å². The van der Waals surface area contributed by atoms with Gasteiger partial charge in [-0.2, -0.15) is 15.6 Å². The molecule has 2 aromatic rings. The Kier molecular flexibility index (Phi) is 5.20. The van der Waals surface area contributed by atoms with Gasteiger partial charge < -0.3 is 4.74 Å². The molecule has 0 saturated carbocycles. The van der Waals surface area contributed by atoms with Gasteiger partial charge in [0.1, 0.15) is 23.6 Å². The first-order chi connectivity index (χ1) is 11.8. The van der Waals surface area contributed by atoms with Crippen molar-refractivity contribution >= 4 is 23.4 Å². The highest BCUT2D eigenvalue weighted by Gasteiger charge is 2.32. The summed E-state index contributed by atoms with van der Waals surface area (Å²) in [5, 5.41) is 21.8. The van der Waals surface area contributed by atoms with Gasteiger partial charge in [0.15, 0.2) is 5.15 Å². The zero-order valence-electron chi connectivity index (χ0n) is 13.3. The molecule has 0 radical (unpaired) electrons. The second-order valence-electron chi connectivity index (χ2n) is 4.98. The van der Waals surface area contributed by atoms with E-state index in [1.807, 2.05) is 0 Å². The highest BCUT2D eigenvalue weighted by atomic mass is 35.5. The fourth-order valence-electron chi connectivity index (χ4n) is 1.88. The number of nitriles is 2. The number of rotatable bonds is 4. The van der Waals surface area contributed by atoms with E-state index in [1.165, 1.54) is 30.1 Å². The van der Waals surface area contributed by atoms with Crippen LogP contribution in [-0.2, 0) is 4.74 Å². The molecule has 0 N–H and O–H groups in total. The number of halogens is 2. The van der Waals surface area contributed by atoms with Gasteiger partial charge in [0, 0.05) is 19.5 Å². The number of nitrogens with zero attached hydrogens (tertiary/aromatic N) is 6. The lowest BCUT2D eigenvalue weighted by Gasteiger charge is -2.22. The third-order valence-corrected chi connectivity index (χ3v) is 3.42. The number of carbonyl (C=O) groups is 1. The van der Waals surface area contributed by atoms with Gasteiger partial charge in [-0.3, -0.25) is 9.88 Å². The van der Waals surface area contributed by atoms with Gasteiger partial charge in [0.05, 0.1) is 24.3 Å². The van der Waals surface area contributed by atoms with Crippen molar-refractivity contribution in [2.45, 2.75) is 19.4 Å². The predicted molar refractivity (Wildman–Crippen MR) is 85.5 cm³/mol. The summed E-state index contributed by atoms with van der Waals surface area (Å²) in [6, 6.07) is 4.41. The molecule has 25 heavy (non-hydrogen) atoms. The van der Waals surface area contributed by atoms with Gasteiger partial charge in [-0.1, -0.05) is 11.6 Å². The third-order valence-electron chi connectivity index (χ3n) is 3.15. The van der Waals surface area contributed by atoms with Crippen molar-refractivity contribution in [1.82, 2.24) is 14.8 Å². The van der Waals surface area contributed by atoms with E-state index in [2.05, 4.69) is 10.1 Å². The minimum Gasteiger partial charge on any atom is -0.414 e. The summed E-state index contributed by atoms with van der Waals surface area (Å²) >= 11 is 6.07. The maximum atomic E-state index is 13.3. The van der Waals surface area contributed by atoms with Crippen molar-refractivity contribution in [2.75, 3.05) is 11.4 Å². The lowest BCUT2D eigenvalue weighted by atomic mass is 10.2. The maximum absolute atomic E-state index is 13.3. The number of anilines is 1. The van der Waals surface area contributed by atoms with Crippen LogP contribution in [0.5, 0.6) is 0 Å². The molecular formula is C15H12ClFN6O2. The average molecular weight is 363 g/mol. The Hall–Kier alpha value is -3.17. The SMILES string of the molecule is CCN(C(=O)OC(C)(C#N)C#N)c1cn(-c2cncc(F)c2)nc1Cl. The van der Waals surface area contributed by atoms with Gasteiger partial charge in [-0.25, -0.2) is 13.9 Å². The summed E-state index contributed by atoms with van der Waals surface area (Å²) in [6.07, 6.45) is 2.86. The van der Waals surface area contributed by atoms with Crippen LogP contribution in [0.15, 0.2) is 24.7 Å². The molecule has 0 saturated heterocycles. The standard InChI is InChI=1S/C15H12ClFN6O2/c1-3-22(14(24)25-15(2,8-18)9-19)12-7-23(21-13(12)16)11-4-10(17)5-20-6-11/h4-7H,3H2,1-2H3. The minimum absolute atomic E-state index is 0.0429. The summed E-state index contributed by atoms with van der Waals surface area (Å²) in [5.74, 6) is -0.559. The predicted octanol–water partition coefficient (Wildman–Crippen LogP) is 2.83. The first kappa shape index (κ1) is 18.2. The van der Waals surface area contributed by atoms with Crippen LogP contribution in [0.3, 0.4) is 0 Å². The van der Waals surface area contributed by atoms with E-state index in [0.29, 0.717) is 5.69 Å². The Bertz CT molecular complexity index is 871. The third kappa shape index (κ3) is 3.84. The van der Waals surface area contributed by atoms with E-state index < -0.39 is 17.5 Å². The van der Waals surface area contributed by atoms with Crippen molar-refractivity contribution in [3.63, 3.8) is 0 Å². The van der Waals surface area contributed by atoms with Crippen molar-refractivity contribution in [3.8, 4) is 17.8 Å². The first-order valence-electron chi connectivity index (χ1n) is 7.02. The lowest BCUT2D eigenvalue weighted by Crippen LogP contribution is -2.38. The number of hydrogen-bond donors (Lipinski definition) is 0. The van der Waals surface area contributed by atoms with Crippen molar-refractivity contribution < 1.29 is 13.9 Å². The molecule has 0 fully saturated rings. The zero-order valence-corrected chi connectivity index (χ0v) is 14.0. The quantitative estimate of drug-likeness (QED) is 0.827. The van der Waals surface area contributed by atoms with Crippen LogP contribution in [0.4, 0.5) is 14.9 Å². The molecule has 0 unspecified atom stereocenters. The molecule has 2 heterocycles. The van der Waals surface area contributed by atoms with Gasteiger partial charge in [0.2, 0.25) is 0 Å². The van der Waals surface area contributed by atoms with Gasteiger partial charge in [-0.15, -0.1) is 0 Å². The molecule has 128 valence electrons. The fourth-order valence-corrected chi connectivity index (χ4v) is 2.11. The molecule has 2 aromatic heterocycles. The Morgan fingerprint density at radius 3 is 2.72 bits per heavy atom. The highest BCUT2D eigenvalue weighted by Crippen LogP contribution is 2.27. The minimum atomic E-state index is -1.93. The molecule has 2 rings (SSSR count). The van der Waals surface area contributed by atoms with Crippen LogP contribution < -0.4 is 4.90 Å². The second-order valence-corrected chi connectivity index (χ2v) is 5.34. The number of ether oxygens (including phenoxy) is 1. The van der Waals surface area contributed by atoms with Crippen LogP contribution in [-0.4, -0.2) is 33.0 Å². The monoisotopic (exact) mass is 362 g/mol. The largest absolute Gasteiger partial charge is 0.416 e. The molecule has 1 amide bonds. The molecule has 8 nitrogen and oxygen atoms in total. The molecule has 0 aliphatic carbocycles. The van der Waals surface area contributed by atoms with E-state index in [1.54, 1.807) is 19.1 Å². The number of aromatic nitrogens is 3. The lowest BCUT2D eigenvalue weighted by molar-refractivity contribution is 0.104. The molecule has 0 bridgehead atoms. The van der Waals surface area contributed by atoms with E-state index in [0.717, 1.165) is 11.1 Å². The molecule has 0 aliphatic rings. The maximum Gasteiger partial charge on any atom is 0.416 e. The molecular weight excluding hydrogens is 351 g/mol. The van der Waals surface area contributed by atoms with Crippen molar-refractivity contribution in [2.24, 2.45) is 0 Å². The van der Waals surface area contributed by atoms with E-state index >= 15 is 0 Å². The number of hydrogen-bond acceptors (Lipinski definition) is 6. The summed E-state index contributed by atoms with van der Waals surface area (Å²) in [4.78, 5) is 17.1. The average Bonchev–Trinajstić information content (AvgIpc) is 2.97. The van der Waals surface area contributed by atoms with Crippen LogP contribution in [0.2, 0.25) is 5.15 Å². The molecule has 0 aliphatic heterocycles. The number of amides is 1. The smallest absolute Gasteiger partial charge is 0.414 e. The Labute approximate surface area is 147 Å². The van der Waals surface area contributed by atoms with Gasteiger partial charge >= 0.3 is 6.09 Å². The molecule has 0 spiro atoms. The Balaban J connectivity index is 2.35. The van der Waals surface area contributed by atoms with E-state index in [4.69, 9.17) is 26.9 Å². The highest BCUT2D eigenvalue weighted by molar-refractivity contribution is 6.32. The zero-order chi connectivity index (χ0) is 18.6. The molecule has 10 heteroatoms. The summed E-state index contributed by atoms with van der Waals surface area (Å²) in [5.41, 5.74) is -1.45. The molecule has 0 atom stereocenters. The van der Waals surface area contributed by atoms with Crippen LogP contribution >= 0.6 is 11.6 Å². The number of carbonyl (C=O) groups excluding carboxylic acids is 1. The van der Waals surface area contributed by atoms with E-state index in [9.17, 15) is 9.18 Å². The first-order valence-corrected chi connectivity index (χ1v) is 7.40. The Morgan fingerprint density at radius 2 is 2.16 bits per heavy atom. The normalized spacial score (nSPS) is 10.6. The summed E-state index contributed by atoms with van der Waals surface area (Å²) in [7, 11) is 0. The van der Waals surface area contributed by atoms with Gasteiger partial charge in [-0.05, 0) is 6.92 Å². The van der Waals surface area contributed by atoms with Crippen LogP contribution in [0.25, 0.3) is 5.69 Å².